The van der Waals surface area contributed by atoms with Crippen molar-refractivity contribution in [2.75, 3.05) is 6.61 Å². The summed E-state index contributed by atoms with van der Waals surface area (Å²) in [7, 11) is 0. The number of carbonyl (C=O) groups excluding carboxylic acids is 1. The molecule has 39 heavy (non-hydrogen) atoms. The van der Waals surface area contributed by atoms with Gasteiger partial charge in [-0.25, -0.2) is 5.43 Å². The Morgan fingerprint density at radius 1 is 0.744 bits per heavy atom. The first-order valence-electron chi connectivity index (χ1n) is 11.2. The number of carbonyl (C=O) groups is 1. The molecule has 1 rings (SSSR count). The zero-order valence-electron chi connectivity index (χ0n) is 20.0. The lowest BCUT2D eigenvalue weighted by atomic mass is 9.93. The fourth-order valence-electron chi connectivity index (χ4n) is 2.87. The van der Waals surface area contributed by atoms with Crippen molar-refractivity contribution in [1.82, 2.24) is 5.43 Å². The van der Waals surface area contributed by atoms with Crippen molar-refractivity contribution < 1.29 is 66.6 Å². The minimum atomic E-state index is -8.09. The summed E-state index contributed by atoms with van der Waals surface area (Å²) in [6.45, 7) is 2.44. The zero-order valence-corrected chi connectivity index (χ0v) is 20.0. The molecule has 0 heterocycles. The number of unbranched alkanes of at least 4 members (excludes halogenated alkanes) is 5. The Morgan fingerprint density at radius 2 is 1.23 bits per heavy atom. The summed E-state index contributed by atoms with van der Waals surface area (Å²) in [5.74, 6) is -41.8. The van der Waals surface area contributed by atoms with Crippen LogP contribution in [0.25, 0.3) is 0 Å². The molecule has 1 amide bonds. The molecule has 0 aliphatic carbocycles. The number of hydrogen-bond acceptors (Lipinski definition) is 3. The number of amides is 1. The SMILES string of the molecule is CCCCCCCCOc1ccc(C=NNC(=O)C(F)(F)C(F)(F)C(F)(F)C(F)(F)C(F)(F)C(F)(F)F)cc1. The molecule has 1 N–H and O–H groups in total. The number of rotatable bonds is 15. The lowest BCUT2D eigenvalue weighted by Crippen LogP contribution is -2.71. The third-order valence-corrected chi connectivity index (χ3v) is 5.24. The van der Waals surface area contributed by atoms with Crippen LogP contribution in [-0.4, -0.2) is 54.5 Å². The Morgan fingerprint density at radius 3 is 1.74 bits per heavy atom. The van der Waals surface area contributed by atoms with E-state index in [1.807, 2.05) is 0 Å². The van der Waals surface area contributed by atoms with Crippen LogP contribution in [0.4, 0.5) is 57.1 Å². The van der Waals surface area contributed by atoms with Gasteiger partial charge in [-0.05, 0) is 36.2 Å². The highest BCUT2D eigenvalue weighted by Gasteiger charge is 2.91. The van der Waals surface area contributed by atoms with Gasteiger partial charge in [-0.2, -0.15) is 62.2 Å². The molecule has 0 radical (unpaired) electrons. The summed E-state index contributed by atoms with van der Waals surface area (Å²) in [6.07, 6.45) is -0.989. The summed E-state index contributed by atoms with van der Waals surface area (Å²) in [5.41, 5.74) is 0.628. The Balaban J connectivity index is 2.86. The molecule has 0 aliphatic heterocycles. The van der Waals surface area contributed by atoms with Gasteiger partial charge in [0.25, 0.3) is 0 Å². The molecule has 0 aliphatic rings. The van der Waals surface area contributed by atoms with Crippen LogP contribution in [0.2, 0.25) is 0 Å². The van der Waals surface area contributed by atoms with E-state index in [0.717, 1.165) is 38.5 Å². The predicted octanol–water partition coefficient (Wildman–Crippen LogP) is 7.61. The number of hydrogen-bond donors (Lipinski definition) is 1. The first-order chi connectivity index (χ1) is 17.7. The van der Waals surface area contributed by atoms with Crippen molar-refractivity contribution >= 4 is 12.1 Å². The first-order valence-corrected chi connectivity index (χ1v) is 11.2. The largest absolute Gasteiger partial charge is 0.494 e. The molecule has 0 spiro atoms. The topological polar surface area (TPSA) is 50.7 Å². The molecule has 0 aromatic heterocycles. The fourth-order valence-corrected chi connectivity index (χ4v) is 2.87. The standard InChI is InChI=1S/C22H23F13N2O2/c1-2-3-4-5-6-7-12-39-15-10-8-14(9-11-15)13-36-37-16(38)17(23,24)18(25,26)19(27,28)20(29,30)21(31,32)22(33,34)35/h8-11,13H,2-7,12H2,1H3,(H,37,38). The van der Waals surface area contributed by atoms with E-state index < -0.39 is 41.7 Å². The van der Waals surface area contributed by atoms with Gasteiger partial charge < -0.3 is 4.74 Å². The van der Waals surface area contributed by atoms with Crippen LogP contribution in [0.5, 0.6) is 5.75 Å². The molecule has 17 heteroatoms. The van der Waals surface area contributed by atoms with Gasteiger partial charge in [0.2, 0.25) is 0 Å². The highest BCUT2D eigenvalue weighted by Crippen LogP contribution is 2.60. The summed E-state index contributed by atoms with van der Waals surface area (Å²) in [6, 6.07) is 5.17. The fraction of sp³-hybridized carbons (Fsp3) is 0.636. The van der Waals surface area contributed by atoms with Crippen LogP contribution in [0, 0.1) is 0 Å². The number of hydrazone groups is 1. The van der Waals surface area contributed by atoms with Gasteiger partial charge in [-0.1, -0.05) is 39.0 Å². The second-order valence-electron chi connectivity index (χ2n) is 8.25. The first kappa shape index (κ1) is 34.3. The van der Waals surface area contributed by atoms with Crippen LogP contribution in [0.15, 0.2) is 29.4 Å². The third kappa shape index (κ3) is 7.26. The van der Waals surface area contributed by atoms with E-state index in [1.165, 1.54) is 24.3 Å². The zero-order chi connectivity index (χ0) is 30.3. The maximum Gasteiger partial charge on any atom is 0.460 e. The summed E-state index contributed by atoms with van der Waals surface area (Å²) < 4.78 is 175. The highest BCUT2D eigenvalue weighted by atomic mass is 19.4. The summed E-state index contributed by atoms with van der Waals surface area (Å²) >= 11 is 0. The number of benzene rings is 1. The summed E-state index contributed by atoms with van der Waals surface area (Å²) in [4.78, 5) is 11.3. The smallest absolute Gasteiger partial charge is 0.460 e. The second-order valence-corrected chi connectivity index (χ2v) is 8.25. The third-order valence-electron chi connectivity index (χ3n) is 5.24. The normalized spacial score (nSPS) is 14.1. The van der Waals surface area contributed by atoms with E-state index in [1.54, 1.807) is 0 Å². The van der Waals surface area contributed by atoms with Gasteiger partial charge >= 0.3 is 41.7 Å². The van der Waals surface area contributed by atoms with Crippen LogP contribution in [0.1, 0.15) is 51.0 Å². The molecule has 0 bridgehead atoms. The number of halogens is 13. The minimum absolute atomic E-state index is 0.000949. The van der Waals surface area contributed by atoms with Crippen molar-refractivity contribution in [1.29, 1.82) is 0 Å². The van der Waals surface area contributed by atoms with Gasteiger partial charge in [0.15, 0.2) is 0 Å². The van der Waals surface area contributed by atoms with Crippen molar-refractivity contribution in [3.8, 4) is 5.75 Å². The Labute approximate surface area is 213 Å². The average molecular weight is 594 g/mol. The predicted molar refractivity (Wildman–Crippen MR) is 112 cm³/mol. The maximum absolute atomic E-state index is 13.7. The molecular formula is C22H23F13N2O2. The van der Waals surface area contributed by atoms with E-state index in [-0.39, 0.29) is 5.56 Å². The Kier molecular flexibility index (Phi) is 11.1. The molecule has 1 aromatic rings. The molecule has 0 saturated heterocycles. The Bertz CT molecular complexity index is 962. The molecule has 4 nitrogen and oxygen atoms in total. The lowest BCUT2D eigenvalue weighted by molar-refractivity contribution is -0.436. The lowest BCUT2D eigenvalue weighted by Gasteiger charge is -2.38. The van der Waals surface area contributed by atoms with E-state index in [9.17, 15) is 61.9 Å². The highest BCUT2D eigenvalue weighted by molar-refractivity contribution is 5.87. The van der Waals surface area contributed by atoms with E-state index >= 15 is 0 Å². The van der Waals surface area contributed by atoms with Crippen LogP contribution in [0.3, 0.4) is 0 Å². The molecular weight excluding hydrogens is 571 g/mol. The van der Waals surface area contributed by atoms with Gasteiger partial charge in [0.1, 0.15) is 5.75 Å². The van der Waals surface area contributed by atoms with E-state index in [0.29, 0.717) is 24.0 Å². The number of alkyl halides is 13. The number of nitrogens with one attached hydrogen (secondary N) is 1. The van der Waals surface area contributed by atoms with E-state index in [2.05, 4.69) is 12.0 Å². The molecule has 1 aromatic carbocycles. The monoisotopic (exact) mass is 594 g/mol. The molecule has 0 unspecified atom stereocenters. The molecule has 224 valence electrons. The van der Waals surface area contributed by atoms with Crippen LogP contribution < -0.4 is 10.2 Å². The maximum atomic E-state index is 13.7. The average Bonchev–Trinajstić information content (AvgIpc) is 2.83. The van der Waals surface area contributed by atoms with Gasteiger partial charge in [-0.15, -0.1) is 0 Å². The molecule has 0 fully saturated rings. The van der Waals surface area contributed by atoms with Crippen LogP contribution in [-0.2, 0) is 4.79 Å². The van der Waals surface area contributed by atoms with Crippen molar-refractivity contribution in [3.63, 3.8) is 0 Å². The quantitative estimate of drug-likeness (QED) is 0.0984. The van der Waals surface area contributed by atoms with Gasteiger partial charge in [0, 0.05) is 0 Å². The Hall–Kier alpha value is -2.75. The van der Waals surface area contributed by atoms with Gasteiger partial charge in [-0.3, -0.25) is 4.79 Å². The molecule has 0 saturated carbocycles. The summed E-state index contributed by atoms with van der Waals surface area (Å²) in [5, 5.41) is 2.75. The number of nitrogens with zero attached hydrogens (tertiary/aromatic N) is 1. The minimum Gasteiger partial charge on any atom is -0.494 e. The second kappa shape index (κ2) is 12.6. The van der Waals surface area contributed by atoms with Gasteiger partial charge in [0.05, 0.1) is 12.8 Å². The van der Waals surface area contributed by atoms with Crippen molar-refractivity contribution in [2.24, 2.45) is 5.10 Å². The van der Waals surface area contributed by atoms with Crippen molar-refractivity contribution in [3.05, 3.63) is 29.8 Å². The van der Waals surface area contributed by atoms with Crippen LogP contribution >= 0.6 is 0 Å². The molecule has 0 atom stereocenters. The number of ether oxygens (including phenoxy) is 1. The van der Waals surface area contributed by atoms with E-state index in [4.69, 9.17) is 4.74 Å². The van der Waals surface area contributed by atoms with Crippen molar-refractivity contribution in [2.45, 2.75) is 81.2 Å².